The van der Waals surface area contributed by atoms with Crippen LogP contribution in [-0.2, 0) is 4.74 Å². The highest BCUT2D eigenvalue weighted by Gasteiger charge is 2.32. The monoisotopic (exact) mass is 278 g/mol. The number of ether oxygens (including phenoxy) is 1. The van der Waals surface area contributed by atoms with Gasteiger partial charge in [0.2, 0.25) is 0 Å². The van der Waals surface area contributed by atoms with Crippen molar-refractivity contribution in [1.82, 2.24) is 0 Å². The quantitative estimate of drug-likeness (QED) is 0.748. The summed E-state index contributed by atoms with van der Waals surface area (Å²) in [7, 11) is 1.67. The lowest BCUT2D eigenvalue weighted by atomic mass is 10.1. The topological polar surface area (TPSA) is 75.8 Å². The zero-order valence-corrected chi connectivity index (χ0v) is 12.0. The summed E-state index contributed by atoms with van der Waals surface area (Å²) >= 11 is 0. The minimum absolute atomic E-state index is 0.160. The predicted molar refractivity (Wildman–Crippen MR) is 79.2 cm³/mol. The molecule has 3 N–H and O–H groups in total. The van der Waals surface area contributed by atoms with E-state index in [2.05, 4.69) is 11.8 Å². The van der Waals surface area contributed by atoms with Crippen LogP contribution in [0.25, 0.3) is 0 Å². The summed E-state index contributed by atoms with van der Waals surface area (Å²) in [5.74, 6) is -0.298. The third kappa shape index (κ3) is 3.22. The average molecular weight is 278 g/mol. The molecule has 1 aromatic carbocycles. The molecule has 0 amide bonds. The van der Waals surface area contributed by atoms with Gasteiger partial charge in [-0.1, -0.05) is 0 Å². The van der Waals surface area contributed by atoms with E-state index in [1.165, 1.54) is 12.8 Å². The first kappa shape index (κ1) is 14.7. The first-order valence-electron chi connectivity index (χ1n) is 6.93. The molecule has 1 fully saturated rings. The summed E-state index contributed by atoms with van der Waals surface area (Å²) < 4.78 is 5.16. The van der Waals surface area contributed by atoms with Crippen LogP contribution < -0.4 is 10.6 Å². The number of rotatable bonds is 7. The molecular weight excluding hydrogens is 256 g/mol. The van der Waals surface area contributed by atoms with Crippen molar-refractivity contribution in [2.24, 2.45) is 5.92 Å². The van der Waals surface area contributed by atoms with Crippen LogP contribution in [0.4, 0.5) is 11.4 Å². The fourth-order valence-electron chi connectivity index (χ4n) is 2.50. The average Bonchev–Trinajstić information content (AvgIpc) is 3.24. The highest BCUT2D eigenvalue weighted by Crippen LogP contribution is 2.37. The zero-order valence-electron chi connectivity index (χ0n) is 12.0. The number of aromatic carboxylic acids is 1. The van der Waals surface area contributed by atoms with Crippen LogP contribution in [0.2, 0.25) is 0 Å². The summed E-state index contributed by atoms with van der Waals surface area (Å²) in [5.41, 5.74) is 7.07. The molecule has 0 spiro atoms. The Kier molecular flexibility index (Phi) is 4.49. The van der Waals surface area contributed by atoms with Gasteiger partial charge in [0.25, 0.3) is 0 Å². The second-order valence-electron chi connectivity index (χ2n) is 5.34. The number of carboxylic acid groups (broad SMARTS) is 1. The van der Waals surface area contributed by atoms with Crippen LogP contribution in [0.15, 0.2) is 18.2 Å². The number of anilines is 2. The molecule has 5 nitrogen and oxygen atoms in total. The van der Waals surface area contributed by atoms with E-state index in [4.69, 9.17) is 10.5 Å². The minimum Gasteiger partial charge on any atom is -0.478 e. The third-order valence-corrected chi connectivity index (χ3v) is 3.93. The van der Waals surface area contributed by atoms with Crippen molar-refractivity contribution in [3.8, 4) is 0 Å². The molecule has 2 rings (SSSR count). The molecule has 1 unspecified atom stereocenters. The maximum Gasteiger partial charge on any atom is 0.337 e. The Bertz CT molecular complexity index is 486. The highest BCUT2D eigenvalue weighted by molar-refractivity contribution is 5.94. The van der Waals surface area contributed by atoms with Crippen LogP contribution in [0.3, 0.4) is 0 Å². The molecule has 1 atom stereocenters. The van der Waals surface area contributed by atoms with Crippen molar-refractivity contribution in [3.63, 3.8) is 0 Å². The number of benzene rings is 1. The SMILES string of the molecule is COCCN(c1ccc(N)c(C(=O)O)c1)C(C)C1CC1. The van der Waals surface area contributed by atoms with Crippen molar-refractivity contribution in [1.29, 1.82) is 0 Å². The van der Waals surface area contributed by atoms with Gasteiger partial charge < -0.3 is 20.5 Å². The standard InChI is InChI=1S/C15H22N2O3/c1-10(11-3-4-11)17(7-8-20-2)12-5-6-14(16)13(9-12)15(18)19/h5-6,9-11H,3-4,7-8,16H2,1-2H3,(H,18,19). The number of methoxy groups -OCH3 is 1. The number of carbonyl (C=O) groups is 1. The molecule has 20 heavy (non-hydrogen) atoms. The van der Waals surface area contributed by atoms with Gasteiger partial charge in [0, 0.05) is 31.1 Å². The molecule has 5 heteroatoms. The van der Waals surface area contributed by atoms with E-state index in [1.807, 2.05) is 6.07 Å². The Morgan fingerprint density at radius 3 is 2.80 bits per heavy atom. The van der Waals surface area contributed by atoms with Crippen molar-refractivity contribution in [2.45, 2.75) is 25.8 Å². The summed E-state index contributed by atoms with van der Waals surface area (Å²) in [6.07, 6.45) is 2.48. The lowest BCUT2D eigenvalue weighted by molar-refractivity contribution is 0.0698. The number of nitrogens with two attached hydrogens (primary N) is 1. The largest absolute Gasteiger partial charge is 0.478 e. The molecule has 1 aliphatic carbocycles. The number of nitrogen functional groups attached to an aromatic ring is 1. The Labute approximate surface area is 119 Å². The summed E-state index contributed by atoms with van der Waals surface area (Å²) in [4.78, 5) is 13.4. The van der Waals surface area contributed by atoms with Gasteiger partial charge in [-0.3, -0.25) is 0 Å². The second kappa shape index (κ2) is 6.13. The summed E-state index contributed by atoms with van der Waals surface area (Å²) in [6.45, 7) is 3.55. The zero-order chi connectivity index (χ0) is 14.7. The van der Waals surface area contributed by atoms with Gasteiger partial charge in [0.05, 0.1) is 12.2 Å². The second-order valence-corrected chi connectivity index (χ2v) is 5.34. The van der Waals surface area contributed by atoms with Crippen LogP contribution in [0.5, 0.6) is 0 Å². The molecule has 1 aromatic rings. The fraction of sp³-hybridized carbons (Fsp3) is 0.533. The first-order chi connectivity index (χ1) is 9.54. The van der Waals surface area contributed by atoms with Gasteiger partial charge in [0.1, 0.15) is 0 Å². The maximum atomic E-state index is 11.2. The molecule has 1 aliphatic rings. The summed E-state index contributed by atoms with van der Waals surface area (Å²) in [6, 6.07) is 5.59. The maximum absolute atomic E-state index is 11.2. The lowest BCUT2D eigenvalue weighted by Crippen LogP contribution is -2.37. The first-order valence-corrected chi connectivity index (χ1v) is 6.93. The minimum atomic E-state index is -0.991. The van der Waals surface area contributed by atoms with E-state index in [-0.39, 0.29) is 5.56 Å². The molecule has 0 bridgehead atoms. The smallest absolute Gasteiger partial charge is 0.337 e. The van der Waals surface area contributed by atoms with Crippen molar-refractivity contribution in [2.75, 3.05) is 30.9 Å². The molecule has 110 valence electrons. The third-order valence-electron chi connectivity index (χ3n) is 3.93. The van der Waals surface area contributed by atoms with Crippen LogP contribution in [-0.4, -0.2) is 37.4 Å². The molecule has 0 saturated heterocycles. The van der Waals surface area contributed by atoms with E-state index in [9.17, 15) is 9.90 Å². The fourth-order valence-corrected chi connectivity index (χ4v) is 2.50. The Balaban J connectivity index is 2.27. The van der Waals surface area contributed by atoms with Crippen LogP contribution in [0.1, 0.15) is 30.1 Å². The van der Waals surface area contributed by atoms with Gasteiger partial charge in [-0.15, -0.1) is 0 Å². The van der Waals surface area contributed by atoms with Crippen molar-refractivity contribution >= 4 is 17.3 Å². The predicted octanol–water partition coefficient (Wildman–Crippen LogP) is 2.22. The Morgan fingerprint density at radius 2 is 2.25 bits per heavy atom. The molecule has 0 heterocycles. The number of carboxylic acids is 1. The number of hydrogen-bond acceptors (Lipinski definition) is 4. The van der Waals surface area contributed by atoms with Gasteiger partial charge >= 0.3 is 5.97 Å². The molecule has 1 saturated carbocycles. The van der Waals surface area contributed by atoms with E-state index in [0.717, 1.165) is 12.2 Å². The van der Waals surface area contributed by atoms with E-state index < -0.39 is 5.97 Å². The van der Waals surface area contributed by atoms with Crippen molar-refractivity contribution in [3.05, 3.63) is 23.8 Å². The van der Waals surface area contributed by atoms with Gasteiger partial charge in [-0.25, -0.2) is 4.79 Å². The van der Waals surface area contributed by atoms with Gasteiger partial charge in [-0.2, -0.15) is 0 Å². The molecular formula is C15H22N2O3. The van der Waals surface area contributed by atoms with Crippen molar-refractivity contribution < 1.29 is 14.6 Å². The molecule has 0 aromatic heterocycles. The van der Waals surface area contributed by atoms with Gasteiger partial charge in [0.15, 0.2) is 0 Å². The molecule has 0 aliphatic heterocycles. The Hall–Kier alpha value is -1.75. The van der Waals surface area contributed by atoms with Crippen LogP contribution in [0, 0.1) is 5.92 Å². The van der Waals surface area contributed by atoms with E-state index in [1.54, 1.807) is 19.2 Å². The highest BCUT2D eigenvalue weighted by atomic mass is 16.5. The summed E-state index contributed by atoms with van der Waals surface area (Å²) in [5, 5.41) is 9.18. The van der Waals surface area contributed by atoms with E-state index in [0.29, 0.717) is 24.3 Å². The Morgan fingerprint density at radius 1 is 1.55 bits per heavy atom. The normalized spacial score (nSPS) is 15.9. The van der Waals surface area contributed by atoms with Gasteiger partial charge in [-0.05, 0) is 43.9 Å². The molecule has 0 radical (unpaired) electrons. The lowest BCUT2D eigenvalue weighted by Gasteiger charge is -2.31. The van der Waals surface area contributed by atoms with Crippen LogP contribution >= 0.6 is 0 Å². The number of hydrogen-bond donors (Lipinski definition) is 2. The number of nitrogens with zero attached hydrogens (tertiary/aromatic N) is 1. The van der Waals surface area contributed by atoms with E-state index >= 15 is 0 Å².